The number of aryl methyl sites for hydroxylation is 1. The van der Waals surface area contributed by atoms with E-state index in [1.807, 2.05) is 59.5 Å². The zero-order valence-electron chi connectivity index (χ0n) is 12.3. The molecule has 2 nitrogen and oxygen atoms in total. The van der Waals surface area contributed by atoms with Crippen molar-refractivity contribution in [2.75, 3.05) is 12.4 Å². The van der Waals surface area contributed by atoms with Gasteiger partial charge >= 0.3 is 0 Å². The van der Waals surface area contributed by atoms with E-state index in [2.05, 4.69) is 6.92 Å². The van der Waals surface area contributed by atoms with Crippen LogP contribution in [0, 0.1) is 0 Å². The van der Waals surface area contributed by atoms with Gasteiger partial charge in [-0.25, -0.2) is 0 Å². The van der Waals surface area contributed by atoms with Crippen LogP contribution in [0.3, 0.4) is 0 Å². The smallest absolute Gasteiger partial charge is 0.254 e. The molecule has 0 fully saturated rings. The molecule has 0 unspecified atom stereocenters. The molecule has 21 heavy (non-hydrogen) atoms. The lowest BCUT2D eigenvalue weighted by atomic mass is 10.0. The molecule has 110 valence electrons. The number of hydrogen-bond acceptors (Lipinski definition) is 1. The Bertz CT molecular complexity index is 583. The summed E-state index contributed by atoms with van der Waals surface area (Å²) in [5.74, 6) is 0.490. The molecule has 0 spiro atoms. The van der Waals surface area contributed by atoms with Crippen LogP contribution < -0.4 is 0 Å². The van der Waals surface area contributed by atoms with Crippen molar-refractivity contribution in [3.63, 3.8) is 0 Å². The van der Waals surface area contributed by atoms with Gasteiger partial charge in [0.1, 0.15) is 0 Å². The van der Waals surface area contributed by atoms with E-state index in [0.29, 0.717) is 19.0 Å². The van der Waals surface area contributed by atoms with Crippen molar-refractivity contribution < 1.29 is 4.79 Å². The number of halogens is 1. The molecule has 0 saturated carbocycles. The number of carbonyl (C=O) groups excluding carboxylic acids is 1. The summed E-state index contributed by atoms with van der Waals surface area (Å²) in [7, 11) is 0. The van der Waals surface area contributed by atoms with Gasteiger partial charge in [-0.3, -0.25) is 4.79 Å². The minimum atomic E-state index is 0.0527. The van der Waals surface area contributed by atoms with E-state index in [1.54, 1.807) is 0 Å². The van der Waals surface area contributed by atoms with Crippen LogP contribution >= 0.6 is 11.6 Å². The third-order valence-electron chi connectivity index (χ3n) is 3.49. The third-order valence-corrected chi connectivity index (χ3v) is 3.66. The topological polar surface area (TPSA) is 20.3 Å². The first kappa shape index (κ1) is 15.6. The lowest BCUT2D eigenvalue weighted by Crippen LogP contribution is -2.32. The summed E-state index contributed by atoms with van der Waals surface area (Å²) in [5.41, 5.74) is 2.97. The Kier molecular flexibility index (Phi) is 5.82. The van der Waals surface area contributed by atoms with Crippen LogP contribution in [0.5, 0.6) is 0 Å². The van der Waals surface area contributed by atoms with E-state index in [1.165, 1.54) is 0 Å². The van der Waals surface area contributed by atoms with Crippen molar-refractivity contribution in [2.45, 2.75) is 19.9 Å². The average Bonchev–Trinajstić information content (AvgIpc) is 2.54. The minimum Gasteiger partial charge on any atom is -0.333 e. The van der Waals surface area contributed by atoms with Gasteiger partial charge in [-0.1, -0.05) is 55.5 Å². The van der Waals surface area contributed by atoms with Crippen molar-refractivity contribution in [3.8, 4) is 0 Å². The van der Waals surface area contributed by atoms with Gasteiger partial charge in [0.2, 0.25) is 0 Å². The first-order valence-corrected chi connectivity index (χ1v) is 7.76. The summed E-state index contributed by atoms with van der Waals surface area (Å²) < 4.78 is 0. The van der Waals surface area contributed by atoms with Crippen molar-refractivity contribution in [1.82, 2.24) is 4.90 Å². The largest absolute Gasteiger partial charge is 0.333 e. The van der Waals surface area contributed by atoms with E-state index in [9.17, 15) is 4.79 Å². The Labute approximate surface area is 131 Å². The van der Waals surface area contributed by atoms with Crippen LogP contribution in [0.1, 0.15) is 28.4 Å². The van der Waals surface area contributed by atoms with Gasteiger partial charge in [0.25, 0.3) is 5.91 Å². The summed E-state index contributed by atoms with van der Waals surface area (Å²) in [4.78, 5) is 14.6. The minimum absolute atomic E-state index is 0.0527. The second-order valence-corrected chi connectivity index (χ2v) is 5.29. The normalized spacial score (nSPS) is 10.4. The highest BCUT2D eigenvalue weighted by molar-refractivity contribution is 6.18. The van der Waals surface area contributed by atoms with E-state index in [-0.39, 0.29) is 5.91 Å². The average molecular weight is 302 g/mol. The molecular weight excluding hydrogens is 282 g/mol. The Hall–Kier alpha value is -1.80. The van der Waals surface area contributed by atoms with E-state index >= 15 is 0 Å². The number of hydrogen-bond donors (Lipinski definition) is 0. The van der Waals surface area contributed by atoms with Crippen molar-refractivity contribution in [1.29, 1.82) is 0 Å². The van der Waals surface area contributed by atoms with Crippen molar-refractivity contribution in [3.05, 3.63) is 71.3 Å². The van der Waals surface area contributed by atoms with Crippen LogP contribution in [0.15, 0.2) is 54.6 Å². The molecule has 2 aromatic rings. The molecule has 0 radical (unpaired) electrons. The molecule has 0 aliphatic rings. The molecule has 0 aliphatic carbocycles. The maximum atomic E-state index is 12.8. The van der Waals surface area contributed by atoms with Gasteiger partial charge in [0.05, 0.1) is 0 Å². The maximum absolute atomic E-state index is 12.8. The fourth-order valence-electron chi connectivity index (χ4n) is 2.37. The summed E-state index contributed by atoms with van der Waals surface area (Å²) in [6.45, 7) is 3.20. The molecule has 0 aromatic heterocycles. The van der Waals surface area contributed by atoms with Crippen LogP contribution in [-0.4, -0.2) is 23.2 Å². The molecule has 0 heterocycles. The number of rotatable bonds is 6. The quantitative estimate of drug-likeness (QED) is 0.735. The molecule has 3 heteroatoms. The Morgan fingerprint density at radius 1 is 1.05 bits per heavy atom. The lowest BCUT2D eigenvalue weighted by Gasteiger charge is -2.23. The fourth-order valence-corrected chi connectivity index (χ4v) is 2.57. The molecule has 0 aliphatic heterocycles. The summed E-state index contributed by atoms with van der Waals surface area (Å²) in [6.07, 6.45) is 0.849. The maximum Gasteiger partial charge on any atom is 0.254 e. The van der Waals surface area contributed by atoms with Crippen molar-refractivity contribution >= 4 is 17.5 Å². The molecule has 0 bridgehead atoms. The number of amides is 1. The summed E-state index contributed by atoms with van der Waals surface area (Å²) in [5, 5.41) is 0. The van der Waals surface area contributed by atoms with Crippen LogP contribution in [0.4, 0.5) is 0 Å². The first-order chi connectivity index (χ1) is 10.3. The number of nitrogens with zero attached hydrogens (tertiary/aromatic N) is 1. The molecule has 0 saturated heterocycles. The van der Waals surface area contributed by atoms with Crippen LogP contribution in [0.25, 0.3) is 0 Å². The van der Waals surface area contributed by atoms with E-state index in [4.69, 9.17) is 11.6 Å². The third kappa shape index (κ3) is 4.08. The lowest BCUT2D eigenvalue weighted by molar-refractivity contribution is 0.0752. The van der Waals surface area contributed by atoms with E-state index in [0.717, 1.165) is 23.1 Å². The molecular formula is C18H20ClNO. The monoisotopic (exact) mass is 301 g/mol. The second kappa shape index (κ2) is 7.84. The van der Waals surface area contributed by atoms with Crippen LogP contribution in [-0.2, 0) is 13.0 Å². The number of alkyl halides is 1. The van der Waals surface area contributed by atoms with Gasteiger partial charge in [0, 0.05) is 24.5 Å². The van der Waals surface area contributed by atoms with Gasteiger partial charge in [-0.15, -0.1) is 11.6 Å². The zero-order chi connectivity index (χ0) is 15.1. The standard InChI is InChI=1S/C18H20ClNO/c1-2-16-10-6-7-11-17(16)18(21)20(13-12-19)14-15-8-4-3-5-9-15/h3-11H,2,12-14H2,1H3. The Balaban J connectivity index is 2.23. The fraction of sp³-hybridized carbons (Fsp3) is 0.278. The predicted molar refractivity (Wildman–Crippen MR) is 87.7 cm³/mol. The Morgan fingerprint density at radius 2 is 1.71 bits per heavy atom. The highest BCUT2D eigenvalue weighted by Gasteiger charge is 2.17. The molecule has 2 aromatic carbocycles. The number of benzene rings is 2. The summed E-state index contributed by atoms with van der Waals surface area (Å²) in [6, 6.07) is 17.8. The zero-order valence-corrected chi connectivity index (χ0v) is 13.0. The summed E-state index contributed by atoms with van der Waals surface area (Å²) >= 11 is 5.87. The molecule has 0 N–H and O–H groups in total. The Morgan fingerprint density at radius 3 is 2.38 bits per heavy atom. The van der Waals surface area contributed by atoms with Crippen molar-refractivity contribution in [2.24, 2.45) is 0 Å². The highest BCUT2D eigenvalue weighted by atomic mass is 35.5. The molecule has 2 rings (SSSR count). The number of carbonyl (C=O) groups is 1. The SMILES string of the molecule is CCc1ccccc1C(=O)N(CCCl)Cc1ccccc1. The van der Waals surface area contributed by atoms with Gasteiger partial charge in [0.15, 0.2) is 0 Å². The van der Waals surface area contributed by atoms with Gasteiger partial charge in [-0.05, 0) is 23.6 Å². The molecule has 1 amide bonds. The first-order valence-electron chi connectivity index (χ1n) is 7.23. The van der Waals surface area contributed by atoms with E-state index < -0.39 is 0 Å². The molecule has 0 atom stereocenters. The second-order valence-electron chi connectivity index (χ2n) is 4.91. The predicted octanol–water partition coefficient (Wildman–Crippen LogP) is 4.13. The van der Waals surface area contributed by atoms with Gasteiger partial charge in [-0.2, -0.15) is 0 Å². The van der Waals surface area contributed by atoms with Gasteiger partial charge < -0.3 is 4.90 Å². The van der Waals surface area contributed by atoms with Crippen LogP contribution in [0.2, 0.25) is 0 Å². The highest BCUT2D eigenvalue weighted by Crippen LogP contribution is 2.15.